The zero-order valence-electron chi connectivity index (χ0n) is 30.3. The van der Waals surface area contributed by atoms with Crippen LogP contribution < -0.4 is 4.90 Å². The van der Waals surface area contributed by atoms with Crippen LogP contribution in [0.4, 0.5) is 17.1 Å². The fourth-order valence-corrected chi connectivity index (χ4v) is 10.1. The van der Waals surface area contributed by atoms with E-state index >= 15 is 0 Å². The highest BCUT2D eigenvalue weighted by Crippen LogP contribution is 2.54. The molecule has 3 heteroatoms. The number of benzene rings is 7. The van der Waals surface area contributed by atoms with Crippen molar-refractivity contribution < 1.29 is 0 Å². The maximum atomic E-state index is 2.53. The smallest absolute Gasteiger partial charge is 0.0578 e. The van der Waals surface area contributed by atoms with Gasteiger partial charge in [0, 0.05) is 61.3 Å². The summed E-state index contributed by atoms with van der Waals surface area (Å²) in [7, 11) is 0. The lowest BCUT2D eigenvalue weighted by Crippen LogP contribution is -2.16. The number of allylic oxidation sites excluding steroid dienone is 4. The van der Waals surface area contributed by atoms with Gasteiger partial charge in [0.2, 0.25) is 0 Å². The molecule has 2 aromatic heterocycles. The van der Waals surface area contributed by atoms with E-state index in [4.69, 9.17) is 0 Å². The van der Waals surface area contributed by atoms with E-state index < -0.39 is 0 Å². The average molecular weight is 692 g/mol. The van der Waals surface area contributed by atoms with Crippen molar-refractivity contribution in [1.82, 2.24) is 9.13 Å². The second-order valence-corrected chi connectivity index (χ2v) is 15.7. The van der Waals surface area contributed by atoms with Gasteiger partial charge in [-0.15, -0.1) is 0 Å². The molecule has 7 aromatic carbocycles. The molecule has 0 amide bonds. The molecular weight excluding hydrogens is 655 g/mol. The maximum absolute atomic E-state index is 2.53. The Kier molecular flexibility index (Phi) is 5.96. The van der Waals surface area contributed by atoms with Crippen molar-refractivity contribution >= 4 is 66.4 Å². The highest BCUT2D eigenvalue weighted by atomic mass is 15.1. The number of hydrogen-bond acceptors (Lipinski definition) is 1. The van der Waals surface area contributed by atoms with Crippen LogP contribution in [0.15, 0.2) is 170 Å². The summed E-state index contributed by atoms with van der Waals surface area (Å²) >= 11 is 0. The Morgan fingerprint density at radius 3 is 2.04 bits per heavy atom. The molecule has 1 unspecified atom stereocenters. The highest BCUT2D eigenvalue weighted by molar-refractivity contribution is 6.15. The van der Waals surface area contributed by atoms with Crippen molar-refractivity contribution in [2.45, 2.75) is 31.6 Å². The maximum Gasteiger partial charge on any atom is 0.0578 e. The minimum absolute atomic E-state index is 0.111. The Morgan fingerprint density at radius 2 is 1.19 bits per heavy atom. The Bertz CT molecular complexity index is 3110. The number of anilines is 3. The predicted molar refractivity (Wildman–Crippen MR) is 227 cm³/mol. The number of rotatable bonds is 4. The first-order valence-electron chi connectivity index (χ1n) is 19.1. The minimum Gasteiger partial charge on any atom is -0.312 e. The molecule has 2 aliphatic carbocycles. The van der Waals surface area contributed by atoms with Crippen LogP contribution in [0.1, 0.15) is 42.9 Å². The van der Waals surface area contributed by atoms with Gasteiger partial charge in [-0.3, -0.25) is 0 Å². The van der Waals surface area contributed by atoms with Crippen molar-refractivity contribution in [1.29, 1.82) is 0 Å². The zero-order chi connectivity index (χ0) is 35.7. The first-order valence-corrected chi connectivity index (χ1v) is 19.1. The molecule has 0 N–H and O–H groups in total. The molecule has 12 rings (SSSR count). The van der Waals surface area contributed by atoms with E-state index in [0.717, 1.165) is 12.1 Å². The van der Waals surface area contributed by atoms with Gasteiger partial charge in [-0.05, 0) is 107 Å². The van der Waals surface area contributed by atoms with E-state index in [9.17, 15) is 0 Å². The number of nitrogens with zero attached hydrogens (tertiary/aromatic N) is 3. The molecule has 0 spiro atoms. The topological polar surface area (TPSA) is 13.1 Å². The largest absolute Gasteiger partial charge is 0.312 e. The average Bonchev–Trinajstić information content (AvgIpc) is 3.91. The van der Waals surface area contributed by atoms with Crippen LogP contribution in [0.25, 0.3) is 66.1 Å². The molecule has 0 fully saturated rings. The fraction of sp³-hybridized carbons (Fsp3) is 0.0980. The molecule has 0 saturated heterocycles. The van der Waals surface area contributed by atoms with Crippen molar-refractivity contribution in [2.24, 2.45) is 0 Å². The van der Waals surface area contributed by atoms with E-state index in [1.807, 2.05) is 0 Å². The normalized spacial score (nSPS) is 16.3. The summed E-state index contributed by atoms with van der Waals surface area (Å²) in [5.74, 6) is 0.332. The standard InChI is InChI=1S/C51H37N3/c1-51(2)44-20-10-6-16-36(44)37-26-24-34(31-45(37)51)52(33-25-27-49-41(28-33)38-17-7-11-21-46(38)53(49)32-14-4-3-5-15-32)35-29-42-39-18-8-12-22-47(39)54-48-23-13-9-19-40(48)43(30-35)50(42)54/h3-18,20-31,40H,19H2,1-2H3. The van der Waals surface area contributed by atoms with E-state index in [2.05, 4.69) is 198 Å². The monoisotopic (exact) mass is 691 g/mol. The van der Waals surface area contributed by atoms with Crippen LogP contribution in [0.5, 0.6) is 0 Å². The minimum atomic E-state index is -0.111. The number of fused-ring (bicyclic) bond motifs is 12. The molecule has 0 saturated carbocycles. The second kappa shape index (κ2) is 10.7. The quantitative estimate of drug-likeness (QED) is 0.179. The van der Waals surface area contributed by atoms with Crippen molar-refractivity contribution in [3.05, 3.63) is 187 Å². The van der Waals surface area contributed by atoms with Crippen LogP contribution in [-0.2, 0) is 5.41 Å². The summed E-state index contributed by atoms with van der Waals surface area (Å²) in [5.41, 5.74) is 17.9. The molecule has 9 aromatic rings. The lowest BCUT2D eigenvalue weighted by molar-refractivity contribution is 0.660. The Hall–Kier alpha value is -6.58. The predicted octanol–water partition coefficient (Wildman–Crippen LogP) is 13.6. The van der Waals surface area contributed by atoms with Crippen LogP contribution >= 0.6 is 0 Å². The zero-order valence-corrected chi connectivity index (χ0v) is 30.3. The van der Waals surface area contributed by atoms with Crippen molar-refractivity contribution in [3.8, 4) is 16.8 Å². The Labute approximate surface area is 314 Å². The van der Waals surface area contributed by atoms with Gasteiger partial charge in [0.15, 0.2) is 0 Å². The lowest BCUT2D eigenvalue weighted by Gasteiger charge is -2.29. The summed E-state index contributed by atoms with van der Waals surface area (Å²) in [5, 5.41) is 5.12. The third-order valence-corrected chi connectivity index (χ3v) is 12.6. The summed E-state index contributed by atoms with van der Waals surface area (Å²) in [6, 6.07) is 56.6. The van der Waals surface area contributed by atoms with Crippen LogP contribution in [0, 0.1) is 0 Å². The fourth-order valence-electron chi connectivity index (χ4n) is 10.1. The van der Waals surface area contributed by atoms with Crippen LogP contribution in [0.3, 0.4) is 0 Å². The third kappa shape index (κ3) is 3.91. The molecule has 256 valence electrons. The van der Waals surface area contributed by atoms with Crippen LogP contribution in [0.2, 0.25) is 0 Å². The SMILES string of the molecule is CC1(C)c2ccccc2-c2ccc(N(c3cc4c5c(c3)c3ccccc3n5C3=CC=CCC34)c3ccc4c(c3)c3ccccc3n4-c3ccccc3)cc21. The first-order chi connectivity index (χ1) is 26.6. The molecule has 1 aliphatic heterocycles. The summed E-state index contributed by atoms with van der Waals surface area (Å²) in [4.78, 5) is 2.52. The number of hydrogen-bond donors (Lipinski definition) is 0. The molecule has 0 radical (unpaired) electrons. The van der Waals surface area contributed by atoms with Gasteiger partial charge in [-0.1, -0.05) is 111 Å². The van der Waals surface area contributed by atoms with Gasteiger partial charge in [0.1, 0.15) is 0 Å². The molecule has 1 atom stereocenters. The number of para-hydroxylation sites is 3. The summed E-state index contributed by atoms with van der Waals surface area (Å²) in [6.07, 6.45) is 7.90. The first kappa shape index (κ1) is 29.9. The molecule has 3 heterocycles. The van der Waals surface area contributed by atoms with Gasteiger partial charge in [0.25, 0.3) is 0 Å². The molecule has 3 aliphatic rings. The summed E-state index contributed by atoms with van der Waals surface area (Å²) in [6.45, 7) is 4.75. The molecular formula is C51H37N3. The molecule has 3 nitrogen and oxygen atoms in total. The van der Waals surface area contributed by atoms with Gasteiger partial charge >= 0.3 is 0 Å². The molecule has 0 bridgehead atoms. The van der Waals surface area contributed by atoms with E-state index in [1.165, 1.54) is 94.2 Å². The third-order valence-electron chi connectivity index (χ3n) is 12.6. The highest BCUT2D eigenvalue weighted by Gasteiger charge is 2.37. The van der Waals surface area contributed by atoms with Gasteiger partial charge in [-0.25, -0.2) is 0 Å². The van der Waals surface area contributed by atoms with Gasteiger partial charge in [-0.2, -0.15) is 0 Å². The number of aromatic nitrogens is 2. The van der Waals surface area contributed by atoms with E-state index in [0.29, 0.717) is 5.92 Å². The van der Waals surface area contributed by atoms with E-state index in [-0.39, 0.29) is 5.41 Å². The second-order valence-electron chi connectivity index (χ2n) is 15.7. The Morgan fingerprint density at radius 1 is 0.537 bits per heavy atom. The van der Waals surface area contributed by atoms with Crippen molar-refractivity contribution in [2.75, 3.05) is 4.90 Å². The van der Waals surface area contributed by atoms with Crippen LogP contribution in [-0.4, -0.2) is 9.13 Å². The molecule has 54 heavy (non-hydrogen) atoms. The van der Waals surface area contributed by atoms with Gasteiger partial charge in [0.05, 0.1) is 22.1 Å². The summed E-state index contributed by atoms with van der Waals surface area (Å²) < 4.78 is 4.93. The van der Waals surface area contributed by atoms with Gasteiger partial charge < -0.3 is 14.0 Å². The lowest BCUT2D eigenvalue weighted by atomic mass is 9.82. The Balaban J connectivity index is 1.14. The van der Waals surface area contributed by atoms with E-state index in [1.54, 1.807) is 0 Å². The van der Waals surface area contributed by atoms with Crippen molar-refractivity contribution in [3.63, 3.8) is 0 Å².